The fourth-order valence-corrected chi connectivity index (χ4v) is 24.0. The summed E-state index contributed by atoms with van der Waals surface area (Å²) < 4.78 is 161. The molecule has 8 bridgehead atoms. The molecule has 4 saturated heterocycles. The van der Waals surface area contributed by atoms with Crippen molar-refractivity contribution in [2.24, 2.45) is 0 Å². The van der Waals surface area contributed by atoms with Crippen LogP contribution in [0.1, 0.15) is 138 Å². The van der Waals surface area contributed by atoms with Crippen LogP contribution < -0.4 is 67.5 Å². The second kappa shape index (κ2) is 30.3. The number of nitrogens with zero attached hydrogens (tertiary/aromatic N) is 5. The number of thioether (sulfide) groups is 2. The minimum atomic E-state index is -5.28. The van der Waals surface area contributed by atoms with Gasteiger partial charge in [0.25, 0.3) is 0 Å². The highest BCUT2D eigenvalue weighted by Gasteiger charge is 2.65. The number of carbonyl (C=O) groups excluding carboxylic acids is 6. The first-order chi connectivity index (χ1) is 57.6. The predicted molar refractivity (Wildman–Crippen MR) is 413 cm³/mol. The number of methoxy groups -OCH3 is 4. The third kappa shape index (κ3) is 12.7. The normalized spacial score (nSPS) is 27.7. The number of phenolic OH excluding ortho intramolecular Hbond substituents is 2. The summed E-state index contributed by atoms with van der Waals surface area (Å²) in [5, 5.41) is 53.1. The number of aryl methyl sites for hydroxylation is 2. The Hall–Kier alpha value is -10.4. The third-order valence-electron chi connectivity index (χ3n) is 25.5. The van der Waals surface area contributed by atoms with Gasteiger partial charge in [0, 0.05) is 101 Å². The number of aliphatic hydroxyl groups is 1. The van der Waals surface area contributed by atoms with E-state index < -0.39 is 136 Å². The molecule has 4 fully saturated rings. The summed E-state index contributed by atoms with van der Waals surface area (Å²) in [7, 11) is 9.17. The second-order valence-corrected chi connectivity index (χ2v) is 34.0. The van der Waals surface area contributed by atoms with Gasteiger partial charge in [0.15, 0.2) is 80.1 Å². The Morgan fingerprint density at radius 3 is 1.34 bits per heavy atom. The van der Waals surface area contributed by atoms with E-state index in [9.17, 15) is 75.7 Å². The molecule has 14 atom stereocenters. The molecule has 0 saturated carbocycles. The number of fused-ring (bicyclic) bond motifs is 18. The molecule has 5 N–H and O–H groups in total. The van der Waals surface area contributed by atoms with Crippen LogP contribution in [0.2, 0.25) is 0 Å². The number of nitrogens with one attached hydrogen (secondary N) is 2. The van der Waals surface area contributed by atoms with Crippen LogP contribution in [-0.4, -0.2) is 213 Å². The molecule has 121 heavy (non-hydrogen) atoms. The number of nitriles is 1. The lowest BCUT2D eigenvalue weighted by molar-refractivity contribution is -0.189. The molecule has 2 unspecified atom stereocenters. The summed E-state index contributed by atoms with van der Waals surface area (Å²) in [4.78, 5) is 87.6. The number of rotatable bonds is 8. The molecule has 0 aliphatic carbocycles. The fourth-order valence-electron chi connectivity index (χ4n) is 20.6. The van der Waals surface area contributed by atoms with Gasteiger partial charge in [-0.3, -0.25) is 39.8 Å². The Morgan fingerprint density at radius 2 is 0.934 bits per heavy atom. The summed E-state index contributed by atoms with van der Waals surface area (Å²) in [5.41, 5.74) is 5.77. The summed E-state index contributed by atoms with van der Waals surface area (Å²) in [5.74, 6) is -6.56. The van der Waals surface area contributed by atoms with Crippen LogP contribution in [0.15, 0.2) is 36.4 Å². The van der Waals surface area contributed by atoms with E-state index in [0.29, 0.717) is 114 Å². The van der Waals surface area contributed by atoms with E-state index >= 15 is 0 Å². The van der Waals surface area contributed by atoms with E-state index in [1.165, 1.54) is 90.1 Å². The van der Waals surface area contributed by atoms with Crippen molar-refractivity contribution in [1.82, 2.24) is 30.2 Å². The lowest BCUT2D eigenvalue weighted by Gasteiger charge is -2.62. The standard InChI is InChI=1S/C42H41F3N4O11S.C41H42F3N3O12S/c1-17-9-21-10-23-24(13-46)49-25-14-56-39(52)41(22-12-26(54-5)27(11-20(22)7-8-47-41)60-40(53)42(43,44)45)15-61-38(32(49)31(48(23)4)28(21)33(51)34(17)55-6)30-29(25)37-36(57-16-58-37)18(2)35(30)59-19(3)50;1-16-9-20-10-22-37(50)47-23-13-55-38(51)40(21-12-24(53-5)25(11-19(21)7-8-45-40)59-39(52)41(42,43)44)14-60-36(30(47)29(46(22)4)26(20)31(49)32(16)54-6)28-27(23)35-34(56-15-57-35)17(2)33(28)58-18(3)48/h9,11-12,23-25,31-32,38,47,51H,7-8,10,14-16H2,1-6H3;9,11-12,22-23,29-30,36-37,45,49-50H,7-8,10,13-15H2,1-6H3/t23-,24-,25-,31+,32?,38+,41+;22-,23-,29+,30?,36+,37-,40+/m00/s1. The number of piperazine rings is 2. The molecular weight excluding hydrogens is 1640 g/mol. The zero-order valence-corrected chi connectivity index (χ0v) is 68.8. The van der Waals surface area contributed by atoms with Crippen LogP contribution in [0.5, 0.6) is 80.5 Å². The maximum Gasteiger partial charge on any atom is 0.491 e. The van der Waals surface area contributed by atoms with Crippen LogP contribution in [0.25, 0.3) is 0 Å². The molecule has 30 nitrogen and oxygen atoms in total. The number of esters is 6. The van der Waals surface area contributed by atoms with Crippen molar-refractivity contribution >= 4 is 59.3 Å². The largest absolute Gasteiger partial charge is 0.504 e. The Bertz CT molecular complexity index is 5480. The SMILES string of the molecule is COc1cc2c(cc1OC(=O)C(F)(F)F)CCN[C@]21CS[C@@H]2c3c(OC(C)=O)c(C)c4c(c3[C@H](COC1=O)N1C2[C@H]2c3c(cc(C)c(OC)c3O)C[C@@H]([C@@H]1C#N)N2C)OCO4.COc1cc2c(cc1OC(=O)C(F)(F)F)CCN[C@]21CS[C@@H]2c3c(OC(C)=O)c(C)c4c(c3[C@H](COC1=O)N1C2[C@H]2c3c(cc(C)c(OC)c3O)C[C@@H]([C@@H]1O)N2C)OCO4. The number of halogens is 6. The van der Waals surface area contributed by atoms with Crippen molar-refractivity contribution < 1.29 is 137 Å². The molecule has 0 radical (unpaired) electrons. The van der Waals surface area contributed by atoms with Crippen molar-refractivity contribution in [2.75, 3.05) is 93.9 Å². The van der Waals surface area contributed by atoms with E-state index in [4.69, 9.17) is 66.3 Å². The number of phenols is 2. The molecule has 14 heterocycles. The number of hydrogen-bond donors (Lipinski definition) is 5. The number of ether oxygens (including phenoxy) is 14. The van der Waals surface area contributed by atoms with Crippen molar-refractivity contribution in [1.29, 1.82) is 5.26 Å². The predicted octanol–water partition coefficient (Wildman–Crippen LogP) is 8.92. The van der Waals surface area contributed by atoms with Crippen LogP contribution in [-0.2, 0) is 75.0 Å². The van der Waals surface area contributed by atoms with Crippen molar-refractivity contribution in [3.63, 3.8) is 0 Å². The number of carbonyl (C=O) groups is 6. The van der Waals surface area contributed by atoms with Crippen molar-refractivity contribution in [3.05, 3.63) is 125 Å². The van der Waals surface area contributed by atoms with Gasteiger partial charge in [0.2, 0.25) is 13.6 Å². The molecule has 6 aromatic carbocycles. The van der Waals surface area contributed by atoms with Crippen LogP contribution in [0.4, 0.5) is 26.3 Å². The summed E-state index contributed by atoms with van der Waals surface area (Å²) >= 11 is 2.63. The molecule has 14 aliphatic heterocycles. The lowest BCUT2D eigenvalue weighted by atomic mass is 9.71. The van der Waals surface area contributed by atoms with E-state index in [1.54, 1.807) is 13.8 Å². The highest BCUT2D eigenvalue weighted by molar-refractivity contribution is 7.99. The maximum atomic E-state index is 14.9. The molecule has 0 amide bonds. The number of alkyl halides is 6. The first-order valence-corrected chi connectivity index (χ1v) is 40.9. The van der Waals surface area contributed by atoms with Gasteiger partial charge < -0.3 is 81.6 Å². The quantitative estimate of drug-likeness (QED) is 0.0539. The smallest absolute Gasteiger partial charge is 0.491 e. The number of aliphatic hydroxyl groups excluding tert-OH is 1. The van der Waals surface area contributed by atoms with E-state index in [1.807, 2.05) is 49.9 Å². The number of benzene rings is 6. The van der Waals surface area contributed by atoms with E-state index in [2.05, 4.69) is 26.5 Å². The molecule has 642 valence electrons. The molecule has 6 aromatic rings. The Kier molecular flexibility index (Phi) is 20.8. The molecule has 20 rings (SSSR count). The topological polar surface area (TPSA) is 353 Å². The van der Waals surface area contributed by atoms with Crippen LogP contribution in [0.3, 0.4) is 0 Å². The Labute approximate surface area is 696 Å². The van der Waals surface area contributed by atoms with E-state index in [-0.39, 0.29) is 105 Å². The minimum Gasteiger partial charge on any atom is -0.504 e. The zero-order chi connectivity index (χ0) is 86.2. The van der Waals surface area contributed by atoms with Gasteiger partial charge in [-0.15, -0.1) is 23.5 Å². The summed E-state index contributed by atoms with van der Waals surface area (Å²) in [6, 6.07) is 5.79. The second-order valence-electron chi connectivity index (χ2n) is 31.8. The van der Waals surface area contributed by atoms with Crippen molar-refractivity contribution in [2.45, 2.75) is 162 Å². The van der Waals surface area contributed by atoms with Gasteiger partial charge in [0.05, 0.1) is 75.2 Å². The maximum absolute atomic E-state index is 14.9. The van der Waals surface area contributed by atoms with Gasteiger partial charge in [-0.1, -0.05) is 12.1 Å². The van der Waals surface area contributed by atoms with Crippen molar-refractivity contribution in [3.8, 4) is 86.6 Å². The molecular formula is C83H83F6N7O23S2. The highest BCUT2D eigenvalue weighted by atomic mass is 32.2. The average Bonchev–Trinajstić information content (AvgIpc) is 1.38. The number of hydrogen-bond acceptors (Lipinski definition) is 32. The molecule has 38 heteroatoms. The average molecular weight is 1720 g/mol. The highest BCUT2D eigenvalue weighted by Crippen LogP contribution is 2.68. The van der Waals surface area contributed by atoms with Gasteiger partial charge in [0.1, 0.15) is 37.0 Å². The van der Waals surface area contributed by atoms with Gasteiger partial charge >= 0.3 is 48.2 Å². The molecule has 2 spiro atoms. The third-order valence-corrected chi connectivity index (χ3v) is 28.5. The minimum absolute atomic E-state index is 0.0386. The molecule has 0 aromatic heterocycles. The van der Waals surface area contributed by atoms with E-state index in [0.717, 1.165) is 22.3 Å². The first kappa shape index (κ1) is 82.9. The van der Waals surface area contributed by atoms with Gasteiger partial charge in [-0.25, -0.2) is 19.2 Å². The Morgan fingerprint density at radius 1 is 0.529 bits per heavy atom. The number of likely N-dealkylation sites (N-methyl/N-ethyl adjacent to an activating group) is 2. The zero-order valence-electron chi connectivity index (χ0n) is 67.2. The fraction of sp³-hybridized carbons (Fsp3) is 0.482. The molecule has 14 aliphatic rings. The van der Waals surface area contributed by atoms with Crippen LogP contribution in [0, 0.1) is 39.0 Å². The summed E-state index contributed by atoms with van der Waals surface area (Å²) in [6.07, 6.45) is -10.4. The van der Waals surface area contributed by atoms with Gasteiger partial charge in [-0.05, 0) is 136 Å². The first-order valence-electron chi connectivity index (χ1n) is 38.8. The monoisotopic (exact) mass is 1720 g/mol. The lowest BCUT2D eigenvalue weighted by Crippen LogP contribution is -2.70. The summed E-state index contributed by atoms with van der Waals surface area (Å²) in [6.45, 7) is 9.19. The van der Waals surface area contributed by atoms with Gasteiger partial charge in [-0.2, -0.15) is 31.6 Å². The Balaban J connectivity index is 0.000000172. The number of aromatic hydroxyl groups is 2. The van der Waals surface area contributed by atoms with Crippen LogP contribution >= 0.6 is 23.5 Å².